The maximum atomic E-state index is 13.2. The van der Waals surface area contributed by atoms with Crippen molar-refractivity contribution in [2.24, 2.45) is 0 Å². The van der Waals surface area contributed by atoms with E-state index in [2.05, 4.69) is 4.98 Å². The molecule has 1 fully saturated rings. The number of aryl methyl sites for hydroxylation is 1. The van der Waals surface area contributed by atoms with Gasteiger partial charge in [0.25, 0.3) is 11.7 Å². The van der Waals surface area contributed by atoms with Gasteiger partial charge in [0.1, 0.15) is 18.1 Å². The summed E-state index contributed by atoms with van der Waals surface area (Å²) in [6.45, 7) is 4.69. The van der Waals surface area contributed by atoms with Crippen LogP contribution in [0.3, 0.4) is 0 Å². The second-order valence-corrected chi connectivity index (χ2v) is 9.04. The molecule has 2 N–H and O–H groups in total. The van der Waals surface area contributed by atoms with E-state index in [0.29, 0.717) is 30.9 Å². The Hall–Kier alpha value is -4.32. The summed E-state index contributed by atoms with van der Waals surface area (Å²) in [5.41, 5.74) is 4.15. The number of ether oxygens (including phenoxy) is 1. The van der Waals surface area contributed by atoms with Gasteiger partial charge >= 0.3 is 0 Å². The van der Waals surface area contributed by atoms with Gasteiger partial charge in [0.05, 0.1) is 11.6 Å². The summed E-state index contributed by atoms with van der Waals surface area (Å²) in [4.78, 5) is 31.0. The summed E-state index contributed by atoms with van der Waals surface area (Å²) in [5, 5.41) is 12.3. The molecule has 182 valence electrons. The number of nitrogens with one attached hydrogen (secondary N) is 1. The quantitative estimate of drug-likeness (QED) is 0.196. The Morgan fingerprint density at radius 3 is 2.53 bits per heavy atom. The average molecular weight is 481 g/mol. The number of hydrogen-bond donors (Lipinski definition) is 2. The van der Waals surface area contributed by atoms with Crippen molar-refractivity contribution in [3.05, 3.63) is 107 Å². The molecule has 1 aliphatic heterocycles. The van der Waals surface area contributed by atoms with E-state index >= 15 is 0 Å². The number of benzene rings is 3. The first-order valence-electron chi connectivity index (χ1n) is 12.1. The van der Waals surface area contributed by atoms with Crippen LogP contribution in [-0.4, -0.2) is 33.2 Å². The van der Waals surface area contributed by atoms with Crippen LogP contribution in [0.25, 0.3) is 16.7 Å². The molecule has 1 atom stereocenters. The van der Waals surface area contributed by atoms with Gasteiger partial charge in [0.2, 0.25) is 0 Å². The highest BCUT2D eigenvalue weighted by Gasteiger charge is 2.46. The van der Waals surface area contributed by atoms with Gasteiger partial charge in [-0.1, -0.05) is 55.5 Å². The monoisotopic (exact) mass is 480 g/mol. The topological polar surface area (TPSA) is 82.6 Å². The van der Waals surface area contributed by atoms with E-state index in [1.165, 1.54) is 0 Å². The van der Waals surface area contributed by atoms with Gasteiger partial charge in [-0.15, -0.1) is 0 Å². The second kappa shape index (κ2) is 9.74. The van der Waals surface area contributed by atoms with Gasteiger partial charge in [-0.25, -0.2) is 0 Å². The number of H-pyrrole nitrogens is 1. The van der Waals surface area contributed by atoms with Gasteiger partial charge in [-0.2, -0.15) is 0 Å². The zero-order chi connectivity index (χ0) is 25.2. The first-order chi connectivity index (χ1) is 17.5. The van der Waals surface area contributed by atoms with E-state index in [0.717, 1.165) is 27.6 Å². The fraction of sp³-hybridized carbons (Fsp3) is 0.200. The fourth-order valence-electron chi connectivity index (χ4n) is 4.84. The highest BCUT2D eigenvalue weighted by Crippen LogP contribution is 2.42. The highest BCUT2D eigenvalue weighted by molar-refractivity contribution is 6.46. The molecular weight excluding hydrogens is 452 g/mol. The Bertz CT molecular complexity index is 1470. The Balaban J connectivity index is 1.54. The van der Waals surface area contributed by atoms with Crippen LogP contribution in [0.5, 0.6) is 5.75 Å². The number of carbonyl (C=O) groups excluding carboxylic acids is 2. The summed E-state index contributed by atoms with van der Waals surface area (Å²) in [5.74, 6) is -0.749. The average Bonchev–Trinajstić information content (AvgIpc) is 3.42. The molecule has 4 aromatic rings. The molecule has 1 aromatic heterocycles. The first kappa shape index (κ1) is 23.4. The molecule has 36 heavy (non-hydrogen) atoms. The van der Waals surface area contributed by atoms with Crippen molar-refractivity contribution in [3.8, 4) is 5.75 Å². The Kier molecular flexibility index (Phi) is 6.34. The van der Waals surface area contributed by atoms with Crippen LogP contribution in [-0.2, 0) is 16.2 Å². The number of ketones is 1. The van der Waals surface area contributed by atoms with Crippen LogP contribution in [0.1, 0.15) is 41.6 Å². The number of amides is 1. The number of hydrogen-bond acceptors (Lipinski definition) is 4. The van der Waals surface area contributed by atoms with Crippen molar-refractivity contribution < 1.29 is 19.4 Å². The number of likely N-dealkylation sites (tertiary alicyclic amines) is 1. The normalized spacial score (nSPS) is 17.2. The predicted molar refractivity (Wildman–Crippen MR) is 140 cm³/mol. The van der Waals surface area contributed by atoms with Crippen molar-refractivity contribution in [2.75, 3.05) is 6.54 Å². The van der Waals surface area contributed by atoms with E-state index in [1.807, 2.05) is 74.6 Å². The smallest absolute Gasteiger partial charge is 0.295 e. The molecule has 0 saturated carbocycles. The number of rotatable bonds is 7. The van der Waals surface area contributed by atoms with E-state index in [-0.39, 0.29) is 11.3 Å². The Morgan fingerprint density at radius 2 is 1.78 bits per heavy atom. The summed E-state index contributed by atoms with van der Waals surface area (Å²) in [6, 6.07) is 22.3. The lowest BCUT2D eigenvalue weighted by Crippen LogP contribution is -2.30. The number of nitrogens with zero attached hydrogens (tertiary/aromatic N) is 1. The lowest BCUT2D eigenvalue weighted by atomic mass is 9.94. The Labute approximate surface area is 209 Å². The third-order valence-corrected chi connectivity index (χ3v) is 6.61. The number of aromatic amines is 1. The minimum Gasteiger partial charge on any atom is -0.507 e. The predicted octanol–water partition coefficient (Wildman–Crippen LogP) is 5.89. The summed E-state index contributed by atoms with van der Waals surface area (Å²) < 4.78 is 5.97. The number of fused-ring (bicyclic) bond motifs is 1. The molecule has 1 aliphatic rings. The van der Waals surface area contributed by atoms with Crippen LogP contribution < -0.4 is 4.74 Å². The number of Topliss-reactive ketones (excluding diaryl/α,β-unsaturated/α-hetero) is 1. The molecule has 1 amide bonds. The minimum atomic E-state index is -0.671. The molecule has 0 spiro atoms. The van der Waals surface area contributed by atoms with Crippen molar-refractivity contribution in [1.82, 2.24) is 9.88 Å². The van der Waals surface area contributed by atoms with Crippen LogP contribution >= 0.6 is 0 Å². The van der Waals surface area contributed by atoms with Gasteiger partial charge in [-0.05, 0) is 48.7 Å². The molecular formula is C30H28N2O4. The van der Waals surface area contributed by atoms with Gasteiger partial charge in [0, 0.05) is 34.8 Å². The van der Waals surface area contributed by atoms with E-state index in [4.69, 9.17) is 4.74 Å². The Morgan fingerprint density at radius 1 is 1.03 bits per heavy atom. The van der Waals surface area contributed by atoms with Gasteiger partial charge in [0.15, 0.2) is 0 Å². The van der Waals surface area contributed by atoms with Crippen LogP contribution in [0, 0.1) is 6.92 Å². The van der Waals surface area contributed by atoms with Crippen LogP contribution in [0.2, 0.25) is 0 Å². The fourth-order valence-corrected chi connectivity index (χ4v) is 4.84. The highest BCUT2D eigenvalue weighted by atomic mass is 16.5. The van der Waals surface area contributed by atoms with Crippen molar-refractivity contribution in [2.45, 2.75) is 32.9 Å². The largest absolute Gasteiger partial charge is 0.507 e. The van der Waals surface area contributed by atoms with Crippen molar-refractivity contribution in [3.63, 3.8) is 0 Å². The first-order valence-corrected chi connectivity index (χ1v) is 12.1. The summed E-state index contributed by atoms with van der Waals surface area (Å²) >= 11 is 0. The van der Waals surface area contributed by atoms with Crippen LogP contribution in [0.15, 0.2) is 84.6 Å². The van der Waals surface area contributed by atoms with Gasteiger partial charge < -0.3 is 19.7 Å². The number of aromatic nitrogens is 1. The second-order valence-electron chi connectivity index (χ2n) is 9.04. The van der Waals surface area contributed by atoms with E-state index in [9.17, 15) is 14.7 Å². The number of carbonyl (C=O) groups is 2. The maximum absolute atomic E-state index is 13.2. The molecule has 6 heteroatoms. The molecule has 0 aliphatic carbocycles. The minimum absolute atomic E-state index is 0.107. The van der Waals surface area contributed by atoms with Gasteiger partial charge in [-0.3, -0.25) is 9.59 Å². The standard InChI is InChI=1S/C30H28N2O4/c1-3-15-32-27(23-17-31-24-12-8-7-11-22(23)24)26(29(34)30(32)35)28(33)21-13-14-25(19(2)16-21)36-18-20-9-5-4-6-10-20/h4-14,16-17,27,31,33H,3,15,18H2,1-2H3/b28-26+. The third kappa shape index (κ3) is 4.15. The summed E-state index contributed by atoms with van der Waals surface area (Å²) in [6.07, 6.45) is 2.52. The molecule has 5 rings (SSSR count). The van der Waals surface area contributed by atoms with Crippen molar-refractivity contribution >= 4 is 28.4 Å². The summed E-state index contributed by atoms with van der Waals surface area (Å²) in [7, 11) is 0. The van der Waals surface area contributed by atoms with Crippen LogP contribution in [0.4, 0.5) is 0 Å². The van der Waals surface area contributed by atoms with Crippen molar-refractivity contribution in [1.29, 1.82) is 0 Å². The number of aliphatic hydroxyl groups is 1. The van der Waals surface area contributed by atoms with E-state index < -0.39 is 17.7 Å². The molecule has 0 radical (unpaired) electrons. The molecule has 3 aromatic carbocycles. The zero-order valence-corrected chi connectivity index (χ0v) is 20.3. The SMILES string of the molecule is CCCN1C(=O)C(=O)/C(=C(/O)c2ccc(OCc3ccccc3)c(C)c2)C1c1c[nH]c2ccccc12. The molecule has 2 heterocycles. The molecule has 1 unspecified atom stereocenters. The lowest BCUT2D eigenvalue weighted by molar-refractivity contribution is -0.139. The third-order valence-electron chi connectivity index (χ3n) is 6.61. The molecule has 1 saturated heterocycles. The lowest BCUT2D eigenvalue weighted by Gasteiger charge is -2.24. The maximum Gasteiger partial charge on any atom is 0.295 e. The molecule has 0 bridgehead atoms. The molecule has 6 nitrogen and oxygen atoms in total. The number of aliphatic hydroxyl groups excluding tert-OH is 1. The number of para-hydroxylation sites is 1. The zero-order valence-electron chi connectivity index (χ0n) is 20.3. The van der Waals surface area contributed by atoms with E-state index in [1.54, 1.807) is 23.1 Å².